The molecule has 0 radical (unpaired) electrons. The summed E-state index contributed by atoms with van der Waals surface area (Å²) in [5.41, 5.74) is 1.25. The number of nitrogens with zero attached hydrogens (tertiary/aromatic N) is 1. The number of nitrogens with one attached hydrogen (secondary N) is 1. The smallest absolute Gasteiger partial charge is 0.273 e. The predicted molar refractivity (Wildman–Crippen MR) is 110 cm³/mol. The highest BCUT2D eigenvalue weighted by Gasteiger charge is 2.29. The Balaban J connectivity index is 1.92. The zero-order chi connectivity index (χ0) is 20.3. The predicted octanol–water partition coefficient (Wildman–Crippen LogP) is 3.28. The van der Waals surface area contributed by atoms with Crippen molar-refractivity contribution in [2.45, 2.75) is 12.5 Å². The number of rotatable bonds is 6. The van der Waals surface area contributed by atoms with Gasteiger partial charge in [-0.1, -0.05) is 11.6 Å². The molecule has 0 fully saturated rings. The van der Waals surface area contributed by atoms with Crippen LogP contribution in [0.3, 0.4) is 0 Å². The zero-order valence-electron chi connectivity index (χ0n) is 15.4. The van der Waals surface area contributed by atoms with Gasteiger partial charge in [-0.15, -0.1) is 0 Å². The summed E-state index contributed by atoms with van der Waals surface area (Å²) in [7, 11) is 0.916. The molecule has 148 valence electrons. The van der Waals surface area contributed by atoms with Crippen LogP contribution in [0.25, 0.3) is 0 Å². The summed E-state index contributed by atoms with van der Waals surface area (Å²) in [6.45, 7) is 3.83. The first-order valence-corrected chi connectivity index (χ1v) is 9.86. The van der Waals surface area contributed by atoms with E-state index in [1.807, 2.05) is 0 Å². The van der Waals surface area contributed by atoms with E-state index in [4.69, 9.17) is 25.8 Å². The third-order valence-electron chi connectivity index (χ3n) is 4.31. The number of methoxy groups -OCH3 is 2. The van der Waals surface area contributed by atoms with Gasteiger partial charge >= 0.3 is 0 Å². The summed E-state index contributed by atoms with van der Waals surface area (Å²) in [6, 6.07) is 7.84. The molecule has 7 nitrogen and oxygen atoms in total. The zero-order valence-corrected chi connectivity index (χ0v) is 16.9. The molecule has 9 heteroatoms. The highest BCUT2D eigenvalue weighted by atomic mass is 35.5. The Hall–Kier alpha value is -2.58. The van der Waals surface area contributed by atoms with Crippen LogP contribution in [0.15, 0.2) is 35.3 Å². The van der Waals surface area contributed by atoms with Gasteiger partial charge in [0.25, 0.3) is 5.12 Å². The second kappa shape index (κ2) is 8.62. The van der Waals surface area contributed by atoms with Crippen LogP contribution >= 0.6 is 11.6 Å². The molecule has 28 heavy (non-hydrogen) atoms. The normalized spacial score (nSPS) is 16.3. The number of halogens is 1. The summed E-state index contributed by atoms with van der Waals surface area (Å²) in [6.07, 6.45) is 0.519. The van der Waals surface area contributed by atoms with Crippen molar-refractivity contribution < 1.29 is 23.2 Å². The van der Waals surface area contributed by atoms with Gasteiger partial charge in [0.2, 0.25) is 0 Å². The van der Waals surface area contributed by atoms with E-state index < -0.39 is 16.1 Å². The van der Waals surface area contributed by atoms with Crippen molar-refractivity contribution in [3.8, 4) is 17.2 Å². The van der Waals surface area contributed by atoms with Crippen molar-refractivity contribution in [2.75, 3.05) is 25.5 Å². The van der Waals surface area contributed by atoms with Crippen LogP contribution in [0.5, 0.6) is 17.2 Å². The maximum Gasteiger partial charge on any atom is 0.273 e. The molecule has 0 aromatic heterocycles. The van der Waals surface area contributed by atoms with E-state index in [9.17, 15) is 9.00 Å². The molecule has 0 spiro atoms. The summed E-state index contributed by atoms with van der Waals surface area (Å²) in [4.78, 5) is 16.9. The monoisotopic (exact) mass is 422 g/mol. The van der Waals surface area contributed by atoms with Gasteiger partial charge in [0.1, 0.15) is 23.9 Å². The summed E-state index contributed by atoms with van der Waals surface area (Å²) in [5, 5.41) is -0.216. The molecule has 0 saturated heterocycles. The fourth-order valence-electron chi connectivity index (χ4n) is 2.92. The number of anilines is 1. The summed E-state index contributed by atoms with van der Waals surface area (Å²) >= 11 is 5.98. The number of hydrogen-bond donors (Lipinski definition) is 1. The molecule has 1 N–H and O–H groups in total. The third-order valence-corrected chi connectivity index (χ3v) is 5.51. The van der Waals surface area contributed by atoms with E-state index in [1.165, 1.54) is 26.4 Å². The quantitative estimate of drug-likeness (QED) is 0.722. The SMILES string of the molecule is C=NC1COc2c(C(=O)S(=O)Nc3cc(Cl)ccc3OC)ccc(OC)c2C1. The molecule has 0 aliphatic carbocycles. The molecule has 2 atom stereocenters. The van der Waals surface area contributed by atoms with Crippen molar-refractivity contribution in [2.24, 2.45) is 4.99 Å². The van der Waals surface area contributed by atoms with Gasteiger partial charge < -0.3 is 14.2 Å². The van der Waals surface area contributed by atoms with Crippen molar-refractivity contribution in [1.29, 1.82) is 0 Å². The second-order valence-electron chi connectivity index (χ2n) is 5.98. The van der Waals surface area contributed by atoms with E-state index in [1.54, 1.807) is 18.2 Å². The number of ether oxygens (including phenoxy) is 3. The van der Waals surface area contributed by atoms with E-state index in [2.05, 4.69) is 16.4 Å². The molecule has 2 aromatic rings. The number of benzene rings is 2. The van der Waals surface area contributed by atoms with Crippen molar-refractivity contribution in [1.82, 2.24) is 0 Å². The number of aliphatic imine (C=N–C) groups is 1. The van der Waals surface area contributed by atoms with Crippen LogP contribution in [-0.4, -0.2) is 42.9 Å². The molecule has 2 unspecified atom stereocenters. The molecule has 3 rings (SSSR count). The van der Waals surface area contributed by atoms with Crippen LogP contribution in [0.2, 0.25) is 5.02 Å². The van der Waals surface area contributed by atoms with E-state index in [0.717, 1.165) is 0 Å². The van der Waals surface area contributed by atoms with Gasteiger partial charge in [-0.25, -0.2) is 4.21 Å². The number of fused-ring (bicyclic) bond motifs is 1. The van der Waals surface area contributed by atoms with Crippen LogP contribution in [0, 0.1) is 0 Å². The Morgan fingerprint density at radius 3 is 2.68 bits per heavy atom. The fraction of sp³-hybridized carbons (Fsp3) is 0.263. The van der Waals surface area contributed by atoms with Gasteiger partial charge in [0.15, 0.2) is 11.0 Å². The summed E-state index contributed by atoms with van der Waals surface area (Å²) < 4.78 is 31.7. The molecule has 1 heterocycles. The number of hydrogen-bond acceptors (Lipinski definition) is 6. The molecule has 0 bridgehead atoms. The van der Waals surface area contributed by atoms with Gasteiger partial charge in [0, 0.05) is 17.0 Å². The van der Waals surface area contributed by atoms with Gasteiger partial charge in [-0.3, -0.25) is 14.5 Å². The first-order chi connectivity index (χ1) is 13.5. The topological polar surface area (TPSA) is 86.2 Å². The number of carbonyl (C=O) groups excluding carboxylic acids is 1. The van der Waals surface area contributed by atoms with Crippen LogP contribution in [-0.2, 0) is 17.4 Å². The molecule has 0 saturated carbocycles. The number of carbonyl (C=O) groups is 1. The Labute approximate surface area is 170 Å². The van der Waals surface area contributed by atoms with E-state index >= 15 is 0 Å². The lowest BCUT2D eigenvalue weighted by molar-refractivity contribution is 0.107. The largest absolute Gasteiger partial charge is 0.496 e. The first kappa shape index (κ1) is 20.2. The van der Waals surface area contributed by atoms with Crippen molar-refractivity contribution >= 4 is 40.1 Å². The van der Waals surface area contributed by atoms with Gasteiger partial charge in [0.05, 0.1) is 31.5 Å². The molecular weight excluding hydrogens is 404 g/mol. The standard InChI is InChI=1S/C19H19ClN2O5S/c1-21-12-9-14-16(25-2)7-5-13(18(14)27-10-12)19(23)28(24)22-15-8-11(20)4-6-17(15)26-3/h4-8,12,22H,1,9-10H2,2-3H3. The van der Waals surface area contributed by atoms with Gasteiger partial charge in [-0.2, -0.15) is 0 Å². The maximum atomic E-state index is 12.9. The second-order valence-corrected chi connectivity index (χ2v) is 7.53. The molecule has 1 aliphatic rings. The highest BCUT2D eigenvalue weighted by molar-refractivity contribution is 8.02. The lowest BCUT2D eigenvalue weighted by atomic mass is 9.99. The average Bonchev–Trinajstić information content (AvgIpc) is 2.72. The molecule has 1 aliphatic heterocycles. The average molecular weight is 423 g/mol. The Bertz CT molecular complexity index is 950. The fourth-order valence-corrected chi connectivity index (χ4v) is 3.90. The lowest BCUT2D eigenvalue weighted by Crippen LogP contribution is -2.27. The first-order valence-electron chi connectivity index (χ1n) is 8.33. The van der Waals surface area contributed by atoms with Crippen molar-refractivity contribution in [3.63, 3.8) is 0 Å². The van der Waals surface area contributed by atoms with E-state index in [0.29, 0.717) is 39.9 Å². The van der Waals surface area contributed by atoms with E-state index in [-0.39, 0.29) is 18.2 Å². The minimum absolute atomic E-state index is 0.133. The Kier molecular flexibility index (Phi) is 6.21. The Morgan fingerprint density at radius 2 is 2.00 bits per heavy atom. The molecule has 0 amide bonds. The van der Waals surface area contributed by atoms with Crippen molar-refractivity contribution in [3.05, 3.63) is 46.5 Å². The molecule has 2 aromatic carbocycles. The minimum atomic E-state index is -2.09. The lowest BCUT2D eigenvalue weighted by Gasteiger charge is -2.25. The summed E-state index contributed by atoms with van der Waals surface area (Å²) in [5.74, 6) is 1.35. The van der Waals surface area contributed by atoms with Crippen LogP contribution in [0.1, 0.15) is 15.9 Å². The maximum absolute atomic E-state index is 12.9. The third kappa shape index (κ3) is 3.98. The molecular formula is C19H19ClN2O5S. The highest BCUT2D eigenvalue weighted by Crippen LogP contribution is 2.37. The van der Waals surface area contributed by atoms with Crippen LogP contribution in [0.4, 0.5) is 5.69 Å². The minimum Gasteiger partial charge on any atom is -0.496 e. The van der Waals surface area contributed by atoms with Crippen LogP contribution < -0.4 is 18.9 Å². The Morgan fingerprint density at radius 1 is 1.29 bits per heavy atom. The van der Waals surface area contributed by atoms with Gasteiger partial charge in [-0.05, 0) is 37.0 Å².